The maximum Gasteiger partial charge on any atom is 0.417 e. The van der Waals surface area contributed by atoms with E-state index in [0.29, 0.717) is 0 Å². The Morgan fingerprint density at radius 3 is 2.54 bits per heavy atom. The van der Waals surface area contributed by atoms with Crippen LogP contribution in [-0.2, 0) is 19.1 Å². The fraction of sp³-hybridized carbons (Fsp3) is 0.571. The quantitative estimate of drug-likeness (QED) is 0.569. The number of hydrogen-bond acceptors (Lipinski definition) is 5. The minimum Gasteiger partial charge on any atom is -0.467 e. The fourth-order valence-electron chi connectivity index (χ4n) is 3.89. The van der Waals surface area contributed by atoms with Gasteiger partial charge in [0.05, 0.1) is 14.2 Å². The zero-order valence-electron chi connectivity index (χ0n) is 17.3. The summed E-state index contributed by atoms with van der Waals surface area (Å²) >= 11 is 0. The second-order valence-corrected chi connectivity index (χ2v) is 7.45. The average molecular weight is 390 g/mol. The van der Waals surface area contributed by atoms with Gasteiger partial charge in [-0.3, -0.25) is 9.36 Å². The molecule has 1 fully saturated rings. The Kier molecular flexibility index (Phi) is 7.43. The third kappa shape index (κ3) is 4.64. The smallest absolute Gasteiger partial charge is 0.417 e. The summed E-state index contributed by atoms with van der Waals surface area (Å²) < 4.78 is 11.2. The largest absolute Gasteiger partial charge is 0.467 e. The molecule has 1 aromatic rings. The Morgan fingerprint density at radius 1 is 1.21 bits per heavy atom. The summed E-state index contributed by atoms with van der Waals surface area (Å²) in [6.07, 6.45) is 6.50. The Hall–Kier alpha value is -2.57. The third-order valence-corrected chi connectivity index (χ3v) is 5.31. The number of ether oxygens (including phenoxy) is 2. The van der Waals surface area contributed by atoms with Crippen molar-refractivity contribution in [1.29, 1.82) is 0 Å². The minimum absolute atomic E-state index is 0.0316. The Bertz CT molecular complexity index is 750. The van der Waals surface area contributed by atoms with E-state index in [1.807, 2.05) is 19.9 Å². The summed E-state index contributed by atoms with van der Waals surface area (Å²) in [5.74, 6) is -0.763. The van der Waals surface area contributed by atoms with E-state index in [9.17, 15) is 14.4 Å². The molecule has 0 N–H and O–H groups in total. The van der Waals surface area contributed by atoms with Gasteiger partial charge in [-0.25, -0.2) is 9.59 Å². The molecule has 0 aromatic carbocycles. The van der Waals surface area contributed by atoms with Crippen molar-refractivity contribution >= 4 is 18.0 Å². The molecule has 0 spiro atoms. The summed E-state index contributed by atoms with van der Waals surface area (Å²) in [5.41, 5.74) is 1.79. The number of nitrogens with zero attached hydrogens (tertiary/aromatic N) is 2. The molecule has 2 unspecified atom stereocenters. The number of hydrogen-bond donors (Lipinski definition) is 0. The predicted octanol–water partition coefficient (Wildman–Crippen LogP) is 3.34. The van der Waals surface area contributed by atoms with Gasteiger partial charge >= 0.3 is 12.1 Å². The van der Waals surface area contributed by atoms with Crippen molar-refractivity contribution in [2.45, 2.75) is 51.5 Å². The van der Waals surface area contributed by atoms with Crippen molar-refractivity contribution in [2.24, 2.45) is 5.92 Å². The molecule has 1 aliphatic rings. The molecule has 0 saturated heterocycles. The van der Waals surface area contributed by atoms with E-state index in [4.69, 9.17) is 9.47 Å². The van der Waals surface area contributed by atoms with Gasteiger partial charge < -0.3 is 14.4 Å². The van der Waals surface area contributed by atoms with Gasteiger partial charge in [0.1, 0.15) is 6.04 Å². The van der Waals surface area contributed by atoms with Crippen molar-refractivity contribution in [2.75, 3.05) is 21.3 Å². The average Bonchev–Trinajstić information content (AvgIpc) is 3.16. The monoisotopic (exact) mass is 390 g/mol. The van der Waals surface area contributed by atoms with Crippen LogP contribution in [0.3, 0.4) is 0 Å². The number of methoxy groups -OCH3 is 2. The predicted molar refractivity (Wildman–Crippen MR) is 105 cm³/mol. The highest BCUT2D eigenvalue weighted by molar-refractivity contribution is 5.92. The number of allylic oxidation sites excluding steroid dienone is 1. The summed E-state index contributed by atoms with van der Waals surface area (Å²) in [6.45, 7) is 3.76. The first-order valence-corrected chi connectivity index (χ1v) is 9.62. The van der Waals surface area contributed by atoms with E-state index in [-0.39, 0.29) is 17.7 Å². The lowest BCUT2D eigenvalue weighted by Crippen LogP contribution is -2.45. The van der Waals surface area contributed by atoms with Crippen molar-refractivity contribution in [3.63, 3.8) is 0 Å². The maximum absolute atomic E-state index is 12.9. The topological polar surface area (TPSA) is 77.8 Å². The zero-order valence-corrected chi connectivity index (χ0v) is 17.3. The summed E-state index contributed by atoms with van der Waals surface area (Å²) in [5, 5.41) is 0. The highest BCUT2D eigenvalue weighted by atomic mass is 16.5. The van der Waals surface area contributed by atoms with Gasteiger partial charge in [-0.2, -0.15) is 0 Å². The second kappa shape index (κ2) is 9.57. The Labute approximate surface area is 166 Å². The molecule has 1 aliphatic carbocycles. The fourth-order valence-corrected chi connectivity index (χ4v) is 3.89. The van der Waals surface area contributed by atoms with Gasteiger partial charge in [0.15, 0.2) is 0 Å². The summed E-state index contributed by atoms with van der Waals surface area (Å²) in [6, 6.07) is 3.05. The van der Waals surface area contributed by atoms with Crippen LogP contribution in [0.15, 0.2) is 30.0 Å². The van der Waals surface area contributed by atoms with E-state index < -0.39 is 18.1 Å². The number of amides is 1. The molecule has 1 heterocycles. The van der Waals surface area contributed by atoms with Crippen molar-refractivity contribution < 1.29 is 23.9 Å². The zero-order chi connectivity index (χ0) is 20.8. The van der Waals surface area contributed by atoms with Crippen LogP contribution >= 0.6 is 0 Å². The number of aromatic nitrogens is 1. The third-order valence-electron chi connectivity index (χ3n) is 5.31. The first-order valence-electron chi connectivity index (χ1n) is 9.62. The number of carbonyl (C=O) groups excluding carboxylic acids is 3. The van der Waals surface area contributed by atoms with Crippen LogP contribution < -0.4 is 0 Å². The van der Waals surface area contributed by atoms with Crippen molar-refractivity contribution in [1.82, 2.24) is 9.47 Å². The highest BCUT2D eigenvalue weighted by Crippen LogP contribution is 2.37. The molecule has 2 atom stereocenters. The lowest BCUT2D eigenvalue weighted by Gasteiger charge is -2.30. The van der Waals surface area contributed by atoms with E-state index in [1.165, 1.54) is 23.7 Å². The molecule has 0 bridgehead atoms. The lowest BCUT2D eigenvalue weighted by atomic mass is 9.81. The Morgan fingerprint density at radius 2 is 1.93 bits per heavy atom. The van der Waals surface area contributed by atoms with E-state index in [1.54, 1.807) is 25.4 Å². The molecule has 7 heteroatoms. The molecule has 0 radical (unpaired) electrons. The summed E-state index contributed by atoms with van der Waals surface area (Å²) in [7, 11) is 4.30. The van der Waals surface area contributed by atoms with Crippen LogP contribution in [0.25, 0.3) is 0 Å². The van der Waals surface area contributed by atoms with Crippen LogP contribution in [0.2, 0.25) is 0 Å². The normalized spacial score (nSPS) is 19.4. The SMILES string of the molecule is COC(=O)C(C(C)C)N(C)C(=O)/C=C1/CCCCC1c1cccn1C(=O)OC. The van der Waals surface area contributed by atoms with Crippen molar-refractivity contribution in [3.05, 3.63) is 35.7 Å². The molecule has 1 aromatic heterocycles. The number of likely N-dealkylation sites (N-methyl/N-ethyl adjacent to an activating group) is 1. The van der Waals surface area contributed by atoms with Crippen molar-refractivity contribution in [3.8, 4) is 0 Å². The standard InChI is InChI=1S/C21H30N2O5/c1-14(2)19(20(25)27-4)22(3)18(24)13-15-9-6-7-10-16(15)17-11-8-12-23(17)21(26)28-5/h8,11-14,16,19H,6-7,9-10H2,1-5H3/b15-13-. The number of carbonyl (C=O) groups is 3. The lowest BCUT2D eigenvalue weighted by molar-refractivity contribution is -0.152. The Balaban J connectivity index is 2.31. The van der Waals surface area contributed by atoms with Gasteiger partial charge in [0.25, 0.3) is 0 Å². The molecule has 0 aliphatic heterocycles. The maximum atomic E-state index is 12.9. The minimum atomic E-state index is -0.643. The van der Waals surface area contributed by atoms with Gasteiger partial charge in [-0.15, -0.1) is 0 Å². The molecule has 1 amide bonds. The van der Waals surface area contributed by atoms with Crippen LogP contribution in [0.4, 0.5) is 4.79 Å². The van der Waals surface area contributed by atoms with Gasteiger partial charge in [0, 0.05) is 30.9 Å². The number of rotatable bonds is 5. The molecule has 7 nitrogen and oxygen atoms in total. The molecular formula is C21H30N2O5. The van der Waals surface area contributed by atoms with Crippen LogP contribution in [0.5, 0.6) is 0 Å². The first kappa shape index (κ1) is 21.7. The summed E-state index contributed by atoms with van der Waals surface area (Å²) in [4.78, 5) is 38.5. The highest BCUT2D eigenvalue weighted by Gasteiger charge is 2.31. The number of esters is 1. The molecule has 154 valence electrons. The molecule has 2 rings (SSSR count). The molecule has 1 saturated carbocycles. The first-order chi connectivity index (χ1) is 13.3. The van der Waals surface area contributed by atoms with E-state index >= 15 is 0 Å². The van der Waals surface area contributed by atoms with Crippen LogP contribution in [0, 0.1) is 5.92 Å². The molecular weight excluding hydrogens is 360 g/mol. The van der Waals surface area contributed by atoms with E-state index in [0.717, 1.165) is 37.0 Å². The second-order valence-electron chi connectivity index (χ2n) is 7.45. The van der Waals surface area contributed by atoms with Gasteiger partial charge in [-0.1, -0.05) is 25.8 Å². The van der Waals surface area contributed by atoms with Crippen LogP contribution in [0.1, 0.15) is 51.1 Å². The molecule has 28 heavy (non-hydrogen) atoms. The van der Waals surface area contributed by atoms with Gasteiger partial charge in [0.2, 0.25) is 5.91 Å². The van der Waals surface area contributed by atoms with Crippen LogP contribution in [-0.4, -0.2) is 54.7 Å². The van der Waals surface area contributed by atoms with E-state index in [2.05, 4.69) is 0 Å². The van der Waals surface area contributed by atoms with Gasteiger partial charge in [-0.05, 0) is 37.3 Å².